The topological polar surface area (TPSA) is 90.5 Å². The van der Waals surface area contributed by atoms with E-state index in [1.807, 2.05) is 13.1 Å². The Bertz CT molecular complexity index is 851. The lowest BCUT2D eigenvalue weighted by Gasteiger charge is -2.53. The molecule has 3 N–H and O–H groups in total. The molecule has 2 atom stereocenters. The van der Waals surface area contributed by atoms with Crippen molar-refractivity contribution in [2.75, 3.05) is 19.7 Å². The van der Waals surface area contributed by atoms with Crippen molar-refractivity contribution >= 4 is 5.91 Å². The summed E-state index contributed by atoms with van der Waals surface area (Å²) in [4.78, 5) is 22.1. The minimum absolute atomic E-state index is 0.244. The number of H-pyrrole nitrogens is 1. The number of benzene rings is 1. The van der Waals surface area contributed by atoms with Crippen molar-refractivity contribution in [2.45, 2.75) is 50.0 Å². The molecular weight excluding hydrogens is 375 g/mol. The minimum atomic E-state index is -0.851. The van der Waals surface area contributed by atoms with E-state index in [1.165, 1.54) is 18.2 Å². The van der Waals surface area contributed by atoms with Gasteiger partial charge in [-0.2, -0.15) is 0 Å². The number of aromatic amines is 1. The Morgan fingerprint density at radius 1 is 1.41 bits per heavy atom. The van der Waals surface area contributed by atoms with Gasteiger partial charge in [0.2, 0.25) is 0 Å². The summed E-state index contributed by atoms with van der Waals surface area (Å²) in [5, 5.41) is 14.2. The third kappa shape index (κ3) is 4.05. The molecule has 7 nitrogen and oxygen atoms in total. The van der Waals surface area contributed by atoms with Crippen LogP contribution in [-0.4, -0.2) is 62.8 Å². The van der Waals surface area contributed by atoms with Crippen molar-refractivity contribution in [3.05, 3.63) is 53.9 Å². The molecule has 0 saturated carbocycles. The van der Waals surface area contributed by atoms with Crippen LogP contribution in [0.25, 0.3) is 0 Å². The summed E-state index contributed by atoms with van der Waals surface area (Å²) >= 11 is 0. The largest absolute Gasteiger partial charge is 0.388 e. The molecule has 1 amide bonds. The fourth-order valence-corrected chi connectivity index (χ4v) is 4.47. The smallest absolute Gasteiger partial charge is 0.251 e. The molecule has 1 aromatic heterocycles. The lowest BCUT2D eigenvalue weighted by Crippen LogP contribution is -2.69. The lowest BCUT2D eigenvalue weighted by atomic mass is 9.73. The predicted molar refractivity (Wildman–Crippen MR) is 105 cm³/mol. The van der Waals surface area contributed by atoms with Crippen LogP contribution in [0.2, 0.25) is 0 Å². The fourth-order valence-electron chi connectivity index (χ4n) is 4.47. The third-order valence-corrected chi connectivity index (χ3v) is 6.25. The second-order valence-electron chi connectivity index (χ2n) is 8.30. The quantitative estimate of drug-likeness (QED) is 0.726. The van der Waals surface area contributed by atoms with Crippen molar-refractivity contribution in [3.8, 4) is 0 Å². The summed E-state index contributed by atoms with van der Waals surface area (Å²) in [6.45, 7) is 4.64. The van der Waals surface area contributed by atoms with Gasteiger partial charge in [-0.1, -0.05) is 6.07 Å². The van der Waals surface area contributed by atoms with Gasteiger partial charge in [-0.05, 0) is 44.4 Å². The predicted octanol–water partition coefficient (Wildman–Crippen LogP) is 1.85. The number of likely N-dealkylation sites (tertiary alicyclic amines) is 1. The Morgan fingerprint density at radius 3 is 2.90 bits per heavy atom. The third-order valence-electron chi connectivity index (χ3n) is 6.25. The maximum Gasteiger partial charge on any atom is 0.251 e. The van der Waals surface area contributed by atoms with Gasteiger partial charge in [0.25, 0.3) is 5.91 Å². The van der Waals surface area contributed by atoms with Crippen molar-refractivity contribution in [1.29, 1.82) is 0 Å². The fraction of sp³-hybridized carbons (Fsp3) is 0.524. The van der Waals surface area contributed by atoms with Gasteiger partial charge >= 0.3 is 0 Å². The van der Waals surface area contributed by atoms with Crippen molar-refractivity contribution < 1.29 is 19.0 Å². The first-order chi connectivity index (χ1) is 13.9. The maximum atomic E-state index is 13.5. The number of aliphatic hydroxyl groups is 1. The van der Waals surface area contributed by atoms with Gasteiger partial charge in [0.1, 0.15) is 11.9 Å². The Hall–Kier alpha value is -2.29. The van der Waals surface area contributed by atoms with Gasteiger partial charge in [-0.25, -0.2) is 9.37 Å². The van der Waals surface area contributed by atoms with Crippen LogP contribution in [0.4, 0.5) is 4.39 Å². The van der Waals surface area contributed by atoms with Crippen LogP contribution in [0, 0.1) is 5.82 Å². The zero-order chi connectivity index (χ0) is 20.5. The molecular formula is C21H27FN4O3. The molecule has 4 rings (SSSR count). The standard InChI is InChI=1S/C21H27FN4O3/c1-20(25-18(27)15-3-2-4-16(22)11-15)7-10-29-21(19(20)28)5-8-26(9-6-21)13-17-12-23-14-24-17/h2-4,11-12,14,19,28H,5-10,13H2,1H3,(H,23,24)(H,25,27)/t19-,20+/m1/s1. The number of hydrogen-bond acceptors (Lipinski definition) is 5. The Balaban J connectivity index is 1.43. The second kappa shape index (κ2) is 7.85. The summed E-state index contributed by atoms with van der Waals surface area (Å²) in [6, 6.07) is 5.57. The number of aromatic nitrogens is 2. The first-order valence-electron chi connectivity index (χ1n) is 10.00. The molecule has 2 aliphatic heterocycles. The van der Waals surface area contributed by atoms with Crippen molar-refractivity contribution in [1.82, 2.24) is 20.2 Å². The number of aliphatic hydroxyl groups excluding tert-OH is 1. The number of piperidine rings is 1. The van der Waals surface area contributed by atoms with E-state index in [2.05, 4.69) is 20.2 Å². The van der Waals surface area contributed by atoms with E-state index >= 15 is 0 Å². The number of hydrogen-bond donors (Lipinski definition) is 3. The van der Waals surface area contributed by atoms with E-state index in [-0.39, 0.29) is 11.5 Å². The van der Waals surface area contributed by atoms with Crippen LogP contribution in [0.5, 0.6) is 0 Å². The van der Waals surface area contributed by atoms with Gasteiger partial charge in [0.15, 0.2) is 0 Å². The number of halogens is 1. The van der Waals surface area contributed by atoms with Gasteiger partial charge in [-0.3, -0.25) is 9.69 Å². The summed E-state index contributed by atoms with van der Waals surface area (Å²) in [5.41, 5.74) is -0.230. The first kappa shape index (κ1) is 20.0. The second-order valence-corrected chi connectivity index (χ2v) is 8.30. The molecule has 2 fully saturated rings. The van der Waals surface area contributed by atoms with E-state index in [1.54, 1.807) is 12.4 Å². The average molecular weight is 402 g/mol. The number of carbonyl (C=O) groups is 1. The highest BCUT2D eigenvalue weighted by Crippen LogP contribution is 2.40. The molecule has 2 aromatic rings. The zero-order valence-corrected chi connectivity index (χ0v) is 16.5. The van der Waals surface area contributed by atoms with Crippen LogP contribution < -0.4 is 5.32 Å². The zero-order valence-electron chi connectivity index (χ0n) is 16.5. The average Bonchev–Trinajstić information content (AvgIpc) is 3.21. The van der Waals surface area contributed by atoms with Crippen LogP contribution in [0.3, 0.4) is 0 Å². The highest BCUT2D eigenvalue weighted by atomic mass is 19.1. The van der Waals surface area contributed by atoms with Gasteiger partial charge < -0.3 is 20.1 Å². The van der Waals surface area contributed by atoms with Crippen molar-refractivity contribution in [2.24, 2.45) is 0 Å². The number of rotatable bonds is 4. The maximum absolute atomic E-state index is 13.5. The number of nitrogens with zero attached hydrogens (tertiary/aromatic N) is 2. The Kier molecular flexibility index (Phi) is 5.42. The highest BCUT2D eigenvalue weighted by molar-refractivity contribution is 5.94. The molecule has 0 unspecified atom stereocenters. The molecule has 0 radical (unpaired) electrons. The number of carbonyl (C=O) groups excluding carboxylic acids is 1. The first-order valence-corrected chi connectivity index (χ1v) is 10.00. The minimum Gasteiger partial charge on any atom is -0.388 e. The van der Waals surface area contributed by atoms with Crippen molar-refractivity contribution in [3.63, 3.8) is 0 Å². The van der Waals surface area contributed by atoms with Gasteiger partial charge in [0, 0.05) is 43.7 Å². The molecule has 29 heavy (non-hydrogen) atoms. The van der Waals surface area contributed by atoms with Gasteiger partial charge in [-0.15, -0.1) is 0 Å². The Labute approximate surface area is 169 Å². The molecule has 0 bridgehead atoms. The van der Waals surface area contributed by atoms with Crippen LogP contribution in [0.15, 0.2) is 36.8 Å². The Morgan fingerprint density at radius 2 is 2.21 bits per heavy atom. The SMILES string of the molecule is C[C@]1(NC(=O)c2cccc(F)c2)CCOC2(CCN(Cc3cnc[nH]3)CC2)[C@@H]1O. The normalized spacial score (nSPS) is 27.1. The molecule has 8 heteroatoms. The van der Waals surface area contributed by atoms with Crippen LogP contribution >= 0.6 is 0 Å². The highest BCUT2D eigenvalue weighted by Gasteiger charge is 2.53. The molecule has 0 aliphatic carbocycles. The molecule has 2 saturated heterocycles. The summed E-state index contributed by atoms with van der Waals surface area (Å²) in [7, 11) is 0. The monoisotopic (exact) mass is 402 g/mol. The number of imidazole rings is 1. The van der Waals surface area contributed by atoms with E-state index in [0.717, 1.165) is 25.3 Å². The molecule has 2 aliphatic rings. The van der Waals surface area contributed by atoms with Crippen LogP contribution in [-0.2, 0) is 11.3 Å². The van der Waals surface area contributed by atoms with E-state index < -0.39 is 23.1 Å². The molecule has 156 valence electrons. The summed E-state index contributed by atoms with van der Waals surface area (Å²) in [5.74, 6) is -0.851. The summed E-state index contributed by atoms with van der Waals surface area (Å²) < 4.78 is 19.6. The number of amides is 1. The van der Waals surface area contributed by atoms with Gasteiger partial charge in [0.05, 0.1) is 17.5 Å². The lowest BCUT2D eigenvalue weighted by molar-refractivity contribution is -0.206. The summed E-state index contributed by atoms with van der Waals surface area (Å²) in [6.07, 6.45) is 4.48. The van der Waals surface area contributed by atoms with E-state index in [4.69, 9.17) is 4.74 Å². The van der Waals surface area contributed by atoms with Crippen LogP contribution in [0.1, 0.15) is 42.2 Å². The number of ether oxygens (including phenoxy) is 1. The van der Waals surface area contributed by atoms with E-state index in [0.29, 0.717) is 25.9 Å². The van der Waals surface area contributed by atoms with E-state index in [9.17, 15) is 14.3 Å². The molecule has 1 aromatic carbocycles. The number of nitrogens with one attached hydrogen (secondary N) is 2. The molecule has 1 spiro atoms. The molecule has 3 heterocycles.